The number of benzene rings is 1. The third kappa shape index (κ3) is 3.85. The van der Waals surface area contributed by atoms with E-state index in [4.69, 9.17) is 0 Å². The second-order valence-electron chi connectivity index (χ2n) is 7.20. The molecule has 25 heavy (non-hydrogen) atoms. The molecule has 2 aromatic rings. The van der Waals surface area contributed by atoms with Crippen LogP contribution in [-0.4, -0.2) is 22.2 Å². The van der Waals surface area contributed by atoms with Gasteiger partial charge in [0.2, 0.25) is 0 Å². The van der Waals surface area contributed by atoms with Gasteiger partial charge in [-0.3, -0.25) is 9.48 Å². The van der Waals surface area contributed by atoms with E-state index < -0.39 is 5.91 Å². The van der Waals surface area contributed by atoms with Crippen LogP contribution in [0, 0.1) is 12.7 Å². The fraction of sp³-hybridized carbons (Fsp3) is 0.444. The van der Waals surface area contributed by atoms with Crippen molar-refractivity contribution in [3.8, 4) is 0 Å². The number of carbonyl (C=O) groups is 1. The average molecular weight is 367 g/mol. The number of amides is 1. The number of anilines is 1. The standard InChI is InChI=1S/C18H23FN4O.ClH/c1-11-9-15(22-23(11)18(2,3)4)17(24)21-14-6-5-12-10-20-8-7-13(12)16(14)19;/h5-6,9,20H,7-8,10H2,1-4H3,(H,21,24);1H. The van der Waals surface area contributed by atoms with Crippen LogP contribution in [0.1, 0.15) is 48.1 Å². The lowest BCUT2D eigenvalue weighted by atomic mass is 9.99. The van der Waals surface area contributed by atoms with Crippen molar-refractivity contribution in [1.82, 2.24) is 15.1 Å². The molecule has 0 radical (unpaired) electrons. The number of aryl methyl sites for hydroxylation is 1. The molecule has 0 saturated carbocycles. The van der Waals surface area contributed by atoms with E-state index in [0.29, 0.717) is 24.2 Å². The second kappa shape index (κ2) is 7.14. The van der Waals surface area contributed by atoms with Crippen LogP contribution in [0.3, 0.4) is 0 Å². The van der Waals surface area contributed by atoms with Crippen LogP contribution in [0.4, 0.5) is 10.1 Å². The topological polar surface area (TPSA) is 59.0 Å². The molecule has 5 nitrogen and oxygen atoms in total. The van der Waals surface area contributed by atoms with Gasteiger partial charge in [-0.1, -0.05) is 6.07 Å². The van der Waals surface area contributed by atoms with Crippen molar-refractivity contribution in [3.05, 3.63) is 46.5 Å². The number of rotatable bonds is 2. The highest BCUT2D eigenvalue weighted by molar-refractivity contribution is 6.03. The summed E-state index contributed by atoms with van der Waals surface area (Å²) in [4.78, 5) is 12.5. The molecular weight excluding hydrogens is 343 g/mol. The SMILES string of the molecule is Cc1cc(C(=O)Nc2ccc3c(c2F)CCNC3)nn1C(C)(C)C.Cl. The summed E-state index contributed by atoms with van der Waals surface area (Å²) in [5.74, 6) is -0.733. The molecule has 3 rings (SSSR count). The first-order valence-corrected chi connectivity index (χ1v) is 8.17. The number of nitrogens with one attached hydrogen (secondary N) is 2. The third-order valence-electron chi connectivity index (χ3n) is 4.21. The summed E-state index contributed by atoms with van der Waals surface area (Å²) < 4.78 is 16.4. The van der Waals surface area contributed by atoms with Crippen LogP contribution in [0.2, 0.25) is 0 Å². The number of carbonyl (C=O) groups excluding carboxylic acids is 1. The maximum absolute atomic E-state index is 14.6. The molecule has 2 heterocycles. The molecule has 1 aliphatic rings. The fourth-order valence-corrected chi connectivity index (χ4v) is 3.08. The first kappa shape index (κ1) is 19.4. The smallest absolute Gasteiger partial charge is 0.276 e. The van der Waals surface area contributed by atoms with Crippen molar-refractivity contribution < 1.29 is 9.18 Å². The van der Waals surface area contributed by atoms with Gasteiger partial charge in [-0.15, -0.1) is 12.4 Å². The van der Waals surface area contributed by atoms with Gasteiger partial charge in [0, 0.05) is 12.2 Å². The predicted octanol–water partition coefficient (Wildman–Crippen LogP) is 3.41. The van der Waals surface area contributed by atoms with Crippen molar-refractivity contribution in [2.24, 2.45) is 0 Å². The lowest BCUT2D eigenvalue weighted by molar-refractivity contribution is 0.102. The monoisotopic (exact) mass is 366 g/mol. The van der Waals surface area contributed by atoms with Gasteiger partial charge in [-0.2, -0.15) is 5.10 Å². The molecule has 136 valence electrons. The highest BCUT2D eigenvalue weighted by Crippen LogP contribution is 2.25. The molecule has 1 aromatic carbocycles. The molecule has 0 spiro atoms. The van der Waals surface area contributed by atoms with Gasteiger partial charge >= 0.3 is 0 Å². The van der Waals surface area contributed by atoms with Gasteiger partial charge in [0.1, 0.15) is 5.82 Å². The second-order valence-corrected chi connectivity index (χ2v) is 7.20. The Kier molecular flexibility index (Phi) is 5.54. The van der Waals surface area contributed by atoms with Crippen LogP contribution >= 0.6 is 12.4 Å². The predicted molar refractivity (Wildman–Crippen MR) is 99.0 cm³/mol. The summed E-state index contributed by atoms with van der Waals surface area (Å²) in [6, 6.07) is 5.20. The van der Waals surface area contributed by atoms with Crippen molar-refractivity contribution in [2.75, 3.05) is 11.9 Å². The quantitative estimate of drug-likeness (QED) is 0.856. The van der Waals surface area contributed by atoms with Crippen molar-refractivity contribution in [2.45, 2.75) is 46.2 Å². The van der Waals surface area contributed by atoms with E-state index in [1.807, 2.05) is 33.8 Å². The van der Waals surface area contributed by atoms with Crippen LogP contribution < -0.4 is 10.6 Å². The number of nitrogens with zero attached hydrogens (tertiary/aromatic N) is 2. The fourth-order valence-electron chi connectivity index (χ4n) is 3.08. The average Bonchev–Trinajstić information content (AvgIpc) is 2.92. The van der Waals surface area contributed by atoms with Crippen LogP contribution in [0.15, 0.2) is 18.2 Å². The Labute approximate surface area is 153 Å². The summed E-state index contributed by atoms with van der Waals surface area (Å²) in [6.45, 7) is 9.37. The maximum Gasteiger partial charge on any atom is 0.276 e. The molecule has 0 saturated heterocycles. The molecule has 1 aliphatic heterocycles. The number of hydrogen-bond donors (Lipinski definition) is 2. The lowest BCUT2D eigenvalue weighted by Crippen LogP contribution is -2.26. The molecule has 7 heteroatoms. The summed E-state index contributed by atoms with van der Waals surface area (Å²) >= 11 is 0. The Morgan fingerprint density at radius 2 is 2.08 bits per heavy atom. The first-order valence-electron chi connectivity index (χ1n) is 8.17. The maximum atomic E-state index is 14.6. The molecule has 1 aromatic heterocycles. The van der Waals surface area contributed by atoms with Crippen LogP contribution in [0.25, 0.3) is 0 Å². The third-order valence-corrected chi connectivity index (χ3v) is 4.21. The molecular formula is C18H24ClFN4O. The largest absolute Gasteiger partial charge is 0.318 e. The van der Waals surface area contributed by atoms with E-state index in [1.165, 1.54) is 0 Å². The highest BCUT2D eigenvalue weighted by Gasteiger charge is 2.22. The minimum Gasteiger partial charge on any atom is -0.318 e. The van der Waals surface area contributed by atoms with E-state index in [2.05, 4.69) is 15.7 Å². The van der Waals surface area contributed by atoms with E-state index in [-0.39, 0.29) is 29.5 Å². The van der Waals surface area contributed by atoms with E-state index >= 15 is 0 Å². The summed E-state index contributed by atoms with van der Waals surface area (Å²) in [5.41, 5.74) is 2.81. The zero-order chi connectivity index (χ0) is 17.5. The summed E-state index contributed by atoms with van der Waals surface area (Å²) in [6.07, 6.45) is 0.628. The Morgan fingerprint density at radius 1 is 1.36 bits per heavy atom. The van der Waals surface area contributed by atoms with Crippen molar-refractivity contribution in [1.29, 1.82) is 0 Å². The highest BCUT2D eigenvalue weighted by atomic mass is 35.5. The van der Waals surface area contributed by atoms with Gasteiger partial charge in [0.15, 0.2) is 5.69 Å². The zero-order valence-electron chi connectivity index (χ0n) is 14.9. The first-order chi connectivity index (χ1) is 11.3. The van der Waals surface area contributed by atoms with Crippen molar-refractivity contribution in [3.63, 3.8) is 0 Å². The van der Waals surface area contributed by atoms with Crippen LogP contribution in [-0.2, 0) is 18.5 Å². The Bertz CT molecular complexity index is 795. The van der Waals surface area contributed by atoms with Gasteiger partial charge in [0.25, 0.3) is 5.91 Å². The minimum absolute atomic E-state index is 0. The molecule has 2 N–H and O–H groups in total. The lowest BCUT2D eigenvalue weighted by Gasteiger charge is -2.21. The van der Waals surface area contributed by atoms with E-state index in [1.54, 1.807) is 16.8 Å². The number of aromatic nitrogens is 2. The van der Waals surface area contributed by atoms with Gasteiger partial charge in [-0.05, 0) is 63.9 Å². The van der Waals surface area contributed by atoms with Gasteiger partial charge in [0.05, 0.1) is 11.2 Å². The number of halogens is 2. The van der Waals surface area contributed by atoms with Gasteiger partial charge < -0.3 is 10.6 Å². The normalized spacial score (nSPS) is 13.8. The summed E-state index contributed by atoms with van der Waals surface area (Å²) in [7, 11) is 0. The molecule has 0 fully saturated rings. The number of fused-ring (bicyclic) bond motifs is 1. The van der Waals surface area contributed by atoms with Crippen LogP contribution in [0.5, 0.6) is 0 Å². The van der Waals surface area contributed by atoms with E-state index in [0.717, 1.165) is 17.8 Å². The molecule has 0 aliphatic carbocycles. The zero-order valence-corrected chi connectivity index (χ0v) is 15.8. The van der Waals surface area contributed by atoms with Gasteiger partial charge in [-0.25, -0.2) is 4.39 Å². The molecule has 1 amide bonds. The summed E-state index contributed by atoms with van der Waals surface area (Å²) in [5, 5.41) is 10.2. The Hall–Kier alpha value is -1.92. The van der Waals surface area contributed by atoms with Crippen molar-refractivity contribution >= 4 is 24.0 Å². The Balaban J connectivity index is 0.00000225. The molecule has 0 bridgehead atoms. The van der Waals surface area contributed by atoms with E-state index in [9.17, 15) is 9.18 Å². The number of hydrogen-bond acceptors (Lipinski definition) is 3. The minimum atomic E-state index is -0.395. The molecule has 0 unspecified atom stereocenters. The molecule has 0 atom stereocenters. The Morgan fingerprint density at radius 3 is 2.72 bits per heavy atom.